The first-order chi connectivity index (χ1) is 9.87. The predicted octanol–water partition coefficient (Wildman–Crippen LogP) is -0.772. The summed E-state index contributed by atoms with van der Waals surface area (Å²) in [6.07, 6.45) is -3.90. The van der Waals surface area contributed by atoms with E-state index in [9.17, 15) is 15.3 Å². The average Bonchev–Trinajstić information content (AvgIpc) is 3.15. The van der Waals surface area contributed by atoms with E-state index in [4.69, 9.17) is 18.9 Å². The summed E-state index contributed by atoms with van der Waals surface area (Å²) >= 11 is 0. The maximum absolute atomic E-state index is 10.3. The van der Waals surface area contributed by atoms with Gasteiger partial charge in [-0.05, 0) is 18.8 Å². The number of aliphatic hydroxyl groups is 3. The van der Waals surface area contributed by atoms with Crippen LogP contribution >= 0.6 is 0 Å². The van der Waals surface area contributed by atoms with Crippen molar-refractivity contribution >= 4 is 0 Å². The molecule has 9 unspecified atom stereocenters. The molecule has 3 saturated heterocycles. The minimum atomic E-state index is -0.889. The average molecular weight is 304 g/mol. The lowest BCUT2D eigenvalue weighted by molar-refractivity contribution is -0.302. The van der Waals surface area contributed by atoms with Gasteiger partial charge in [0.15, 0.2) is 12.1 Å². The molecule has 0 bridgehead atoms. The fourth-order valence-electron chi connectivity index (χ4n) is 3.16. The molecule has 9 atom stereocenters. The summed E-state index contributed by atoms with van der Waals surface area (Å²) in [4.78, 5) is 0. The molecule has 7 heteroatoms. The SMILES string of the molecule is CC1C(CO)OC(OC2C(O)COC3(C)OC23)C(O)C1C. The second-order valence-electron chi connectivity index (χ2n) is 6.47. The van der Waals surface area contributed by atoms with Gasteiger partial charge in [0.2, 0.25) is 0 Å². The number of ether oxygens (including phenoxy) is 4. The Bertz CT molecular complexity index is 390. The van der Waals surface area contributed by atoms with Crippen molar-refractivity contribution in [2.75, 3.05) is 13.2 Å². The summed E-state index contributed by atoms with van der Waals surface area (Å²) < 4.78 is 22.3. The number of epoxide rings is 1. The highest BCUT2D eigenvalue weighted by molar-refractivity contribution is 5.03. The molecule has 3 N–H and O–H groups in total. The summed E-state index contributed by atoms with van der Waals surface area (Å²) in [5, 5.41) is 29.7. The molecule has 0 aliphatic carbocycles. The van der Waals surface area contributed by atoms with Crippen molar-refractivity contribution in [1.29, 1.82) is 0 Å². The molecule has 0 saturated carbocycles. The number of rotatable bonds is 3. The van der Waals surface area contributed by atoms with Gasteiger partial charge in [0.25, 0.3) is 0 Å². The topological polar surface area (TPSA) is 101 Å². The van der Waals surface area contributed by atoms with E-state index in [-0.39, 0.29) is 31.2 Å². The van der Waals surface area contributed by atoms with Crippen LogP contribution in [0.15, 0.2) is 0 Å². The monoisotopic (exact) mass is 304 g/mol. The van der Waals surface area contributed by atoms with Gasteiger partial charge < -0.3 is 34.3 Å². The van der Waals surface area contributed by atoms with E-state index < -0.39 is 36.5 Å². The zero-order valence-corrected chi connectivity index (χ0v) is 12.5. The Labute approximate surface area is 123 Å². The van der Waals surface area contributed by atoms with E-state index >= 15 is 0 Å². The van der Waals surface area contributed by atoms with Crippen LogP contribution in [-0.4, -0.2) is 71.1 Å². The highest BCUT2D eigenvalue weighted by Crippen LogP contribution is 2.46. The largest absolute Gasteiger partial charge is 0.394 e. The molecule has 3 aliphatic heterocycles. The third-order valence-corrected chi connectivity index (χ3v) is 5.05. The Morgan fingerprint density at radius 3 is 2.62 bits per heavy atom. The first-order valence-electron chi connectivity index (χ1n) is 7.47. The van der Waals surface area contributed by atoms with Crippen molar-refractivity contribution in [1.82, 2.24) is 0 Å². The molecule has 3 aliphatic rings. The molecule has 0 aromatic rings. The summed E-state index contributed by atoms with van der Waals surface area (Å²) in [6.45, 7) is 5.60. The number of aliphatic hydroxyl groups excluding tert-OH is 3. The van der Waals surface area contributed by atoms with Gasteiger partial charge in [0.1, 0.15) is 24.4 Å². The van der Waals surface area contributed by atoms with Crippen LogP contribution in [-0.2, 0) is 18.9 Å². The fourth-order valence-corrected chi connectivity index (χ4v) is 3.16. The van der Waals surface area contributed by atoms with Gasteiger partial charge in [-0.15, -0.1) is 0 Å². The summed E-state index contributed by atoms with van der Waals surface area (Å²) in [5.74, 6) is -0.769. The summed E-state index contributed by atoms with van der Waals surface area (Å²) in [7, 11) is 0. The maximum Gasteiger partial charge on any atom is 0.195 e. The standard InChI is InChI=1S/C14H24O7/c1-6-7(2)10(17)13(19-9(6)4-15)20-11-8(16)5-18-14(3)12(11)21-14/h6-13,15-17H,4-5H2,1-3H3. The Hall–Kier alpha value is -0.280. The molecule has 3 fully saturated rings. The van der Waals surface area contributed by atoms with E-state index in [0.717, 1.165) is 0 Å². The molecule has 3 heterocycles. The first-order valence-corrected chi connectivity index (χ1v) is 7.47. The minimum absolute atomic E-state index is 0.0203. The molecule has 7 nitrogen and oxygen atoms in total. The molecule has 0 radical (unpaired) electrons. The second kappa shape index (κ2) is 5.42. The van der Waals surface area contributed by atoms with E-state index in [2.05, 4.69) is 0 Å². The maximum atomic E-state index is 10.3. The molecule has 0 spiro atoms. The molecule has 122 valence electrons. The molecule has 3 rings (SSSR count). The van der Waals surface area contributed by atoms with Crippen LogP contribution in [0.1, 0.15) is 20.8 Å². The molecular formula is C14H24O7. The Balaban J connectivity index is 1.68. The normalized spacial score (nSPS) is 56.9. The highest BCUT2D eigenvalue weighted by Gasteiger charge is 2.64. The van der Waals surface area contributed by atoms with Crippen molar-refractivity contribution in [2.45, 2.75) is 63.4 Å². The minimum Gasteiger partial charge on any atom is -0.394 e. The van der Waals surface area contributed by atoms with Gasteiger partial charge in [-0.3, -0.25) is 0 Å². The Morgan fingerprint density at radius 2 is 1.95 bits per heavy atom. The summed E-state index contributed by atoms with van der Waals surface area (Å²) in [6, 6.07) is 0. The lowest BCUT2D eigenvalue weighted by Gasteiger charge is -2.43. The van der Waals surface area contributed by atoms with Crippen molar-refractivity contribution in [2.24, 2.45) is 11.8 Å². The quantitative estimate of drug-likeness (QED) is 0.588. The third kappa shape index (κ3) is 2.61. The molecule has 0 amide bonds. The van der Waals surface area contributed by atoms with E-state index in [0.29, 0.717) is 0 Å². The van der Waals surface area contributed by atoms with Gasteiger partial charge in [0, 0.05) is 0 Å². The van der Waals surface area contributed by atoms with E-state index in [1.807, 2.05) is 13.8 Å². The number of hydrogen-bond donors (Lipinski definition) is 3. The molecule has 0 aromatic carbocycles. The van der Waals surface area contributed by atoms with Crippen molar-refractivity contribution in [3.63, 3.8) is 0 Å². The van der Waals surface area contributed by atoms with Crippen molar-refractivity contribution < 1.29 is 34.3 Å². The second-order valence-corrected chi connectivity index (χ2v) is 6.47. The van der Waals surface area contributed by atoms with Gasteiger partial charge in [-0.25, -0.2) is 0 Å². The van der Waals surface area contributed by atoms with Crippen LogP contribution in [0.3, 0.4) is 0 Å². The Morgan fingerprint density at radius 1 is 1.24 bits per heavy atom. The predicted molar refractivity (Wildman–Crippen MR) is 70.2 cm³/mol. The fraction of sp³-hybridized carbons (Fsp3) is 1.00. The highest BCUT2D eigenvalue weighted by atomic mass is 16.8. The van der Waals surface area contributed by atoms with Gasteiger partial charge in [0.05, 0.1) is 19.3 Å². The van der Waals surface area contributed by atoms with Crippen LogP contribution in [0.25, 0.3) is 0 Å². The number of hydrogen-bond acceptors (Lipinski definition) is 7. The number of fused-ring (bicyclic) bond motifs is 1. The molecule has 0 aromatic heterocycles. The zero-order valence-electron chi connectivity index (χ0n) is 12.5. The Kier molecular flexibility index (Phi) is 4.03. The van der Waals surface area contributed by atoms with E-state index in [1.54, 1.807) is 6.92 Å². The molecule has 21 heavy (non-hydrogen) atoms. The van der Waals surface area contributed by atoms with Gasteiger partial charge >= 0.3 is 0 Å². The van der Waals surface area contributed by atoms with Gasteiger partial charge in [-0.2, -0.15) is 0 Å². The van der Waals surface area contributed by atoms with Gasteiger partial charge in [-0.1, -0.05) is 13.8 Å². The summed E-state index contributed by atoms with van der Waals surface area (Å²) in [5.41, 5.74) is 0. The van der Waals surface area contributed by atoms with Crippen LogP contribution in [0.4, 0.5) is 0 Å². The van der Waals surface area contributed by atoms with Crippen molar-refractivity contribution in [3.8, 4) is 0 Å². The van der Waals surface area contributed by atoms with Crippen molar-refractivity contribution in [3.05, 3.63) is 0 Å². The van der Waals surface area contributed by atoms with Crippen LogP contribution in [0.2, 0.25) is 0 Å². The third-order valence-electron chi connectivity index (χ3n) is 5.05. The molecular weight excluding hydrogens is 280 g/mol. The first kappa shape index (κ1) is 15.6. The smallest absolute Gasteiger partial charge is 0.195 e. The van der Waals surface area contributed by atoms with Crippen LogP contribution < -0.4 is 0 Å². The van der Waals surface area contributed by atoms with Crippen LogP contribution in [0.5, 0.6) is 0 Å². The van der Waals surface area contributed by atoms with Crippen LogP contribution in [0, 0.1) is 11.8 Å². The van der Waals surface area contributed by atoms with E-state index in [1.165, 1.54) is 0 Å². The lowest BCUT2D eigenvalue weighted by Crippen LogP contribution is -2.55. The zero-order chi connectivity index (χ0) is 15.4. The lowest BCUT2D eigenvalue weighted by atomic mass is 9.84.